The maximum atomic E-state index is 12.6. The van der Waals surface area contributed by atoms with Crippen LogP contribution in [0.1, 0.15) is 52.8 Å². The van der Waals surface area contributed by atoms with Gasteiger partial charge in [0.15, 0.2) is 0 Å². The molecule has 3 aliphatic rings. The number of methoxy groups -OCH3 is 1. The van der Waals surface area contributed by atoms with Gasteiger partial charge in [-0.05, 0) is 55.7 Å². The predicted octanol–water partition coefficient (Wildman–Crippen LogP) is 2.50. The first kappa shape index (κ1) is 19.4. The molecule has 1 N–H and O–H groups in total. The number of hydrogen-bond donors (Lipinski definition) is 1. The molecule has 0 unspecified atom stereocenters. The molecule has 0 spiro atoms. The Morgan fingerprint density at radius 1 is 1.03 bits per heavy atom. The number of amides is 4. The zero-order chi connectivity index (χ0) is 20.5. The largest absolute Gasteiger partial charge is 0.469 e. The average Bonchev–Trinajstić information content (AvgIpc) is 3.52. The number of nitrogens with zero attached hydrogens (tertiary/aromatic N) is 2. The molecule has 8 nitrogen and oxygen atoms in total. The van der Waals surface area contributed by atoms with Crippen molar-refractivity contribution in [3.05, 3.63) is 29.3 Å². The van der Waals surface area contributed by atoms with E-state index in [0.29, 0.717) is 48.8 Å². The number of fused-ring (bicyclic) bond motifs is 1. The molecule has 0 aromatic heterocycles. The van der Waals surface area contributed by atoms with E-state index in [1.54, 1.807) is 23.1 Å². The number of ether oxygens (including phenoxy) is 1. The lowest BCUT2D eigenvalue weighted by Gasteiger charge is -2.31. The normalized spacial score (nSPS) is 19.3. The third-order valence-corrected chi connectivity index (χ3v) is 5.94. The second kappa shape index (κ2) is 7.85. The molecule has 0 atom stereocenters. The highest BCUT2D eigenvalue weighted by molar-refractivity contribution is 6.21. The number of nitrogens with one attached hydrogen (secondary N) is 1. The van der Waals surface area contributed by atoms with Crippen LogP contribution >= 0.6 is 0 Å². The van der Waals surface area contributed by atoms with Gasteiger partial charge in [0.2, 0.25) is 0 Å². The highest BCUT2D eigenvalue weighted by Gasteiger charge is 2.39. The minimum absolute atomic E-state index is 0.221. The molecule has 8 heteroatoms. The molecule has 0 bridgehead atoms. The Hall–Kier alpha value is -2.90. The minimum atomic E-state index is -0.281. The van der Waals surface area contributed by atoms with Gasteiger partial charge in [-0.2, -0.15) is 0 Å². The number of benzene rings is 1. The van der Waals surface area contributed by atoms with Gasteiger partial charge in [-0.15, -0.1) is 0 Å². The van der Waals surface area contributed by atoms with E-state index in [2.05, 4.69) is 5.32 Å². The number of anilines is 1. The Kier molecular flexibility index (Phi) is 5.25. The second-order valence-electron chi connectivity index (χ2n) is 8.07. The van der Waals surface area contributed by atoms with Crippen molar-refractivity contribution in [2.24, 2.45) is 11.8 Å². The summed E-state index contributed by atoms with van der Waals surface area (Å²) < 4.78 is 4.70. The summed E-state index contributed by atoms with van der Waals surface area (Å²) in [5.41, 5.74) is 1.25. The number of piperidine rings is 1. The second-order valence-corrected chi connectivity index (χ2v) is 8.07. The number of carbonyl (C=O) groups is 4. The summed E-state index contributed by atoms with van der Waals surface area (Å²) in [5.74, 6) is -0.0915. The standard InChI is InChI=1S/C21H25N3O5/c1-29-18(25)10-13-6-8-23(9-7-13)21(28)22-15-4-5-16-17(11-15)20(27)24(19(16)26)12-14-2-3-14/h4-5,11,13-14H,2-3,6-10,12H2,1H3,(H,22,28). The Morgan fingerprint density at radius 2 is 1.72 bits per heavy atom. The van der Waals surface area contributed by atoms with Crippen molar-refractivity contribution in [1.82, 2.24) is 9.80 Å². The molecule has 0 radical (unpaired) electrons. The fourth-order valence-corrected chi connectivity index (χ4v) is 3.95. The summed E-state index contributed by atoms with van der Waals surface area (Å²) in [6, 6.07) is 4.62. The number of esters is 1. The lowest BCUT2D eigenvalue weighted by molar-refractivity contribution is -0.142. The Morgan fingerprint density at radius 3 is 2.38 bits per heavy atom. The monoisotopic (exact) mass is 399 g/mol. The topological polar surface area (TPSA) is 96.0 Å². The van der Waals surface area contributed by atoms with Crippen molar-refractivity contribution >= 4 is 29.5 Å². The van der Waals surface area contributed by atoms with Crippen molar-refractivity contribution in [2.75, 3.05) is 32.1 Å². The molecule has 4 rings (SSSR count). The van der Waals surface area contributed by atoms with Gasteiger partial charge in [-0.1, -0.05) is 0 Å². The molecule has 1 aromatic carbocycles. The number of carbonyl (C=O) groups excluding carboxylic acids is 4. The highest BCUT2D eigenvalue weighted by atomic mass is 16.5. The minimum Gasteiger partial charge on any atom is -0.469 e. The molecule has 1 saturated carbocycles. The Labute approximate surface area is 169 Å². The van der Waals surface area contributed by atoms with E-state index in [4.69, 9.17) is 4.74 Å². The molecule has 4 amide bonds. The summed E-state index contributed by atoms with van der Waals surface area (Å²) in [6.07, 6.45) is 3.99. The molecule has 29 heavy (non-hydrogen) atoms. The zero-order valence-corrected chi connectivity index (χ0v) is 16.5. The van der Waals surface area contributed by atoms with E-state index < -0.39 is 0 Å². The zero-order valence-electron chi connectivity index (χ0n) is 16.5. The molecule has 2 fully saturated rings. The predicted molar refractivity (Wildman–Crippen MR) is 104 cm³/mol. The van der Waals surface area contributed by atoms with Crippen molar-refractivity contribution in [2.45, 2.75) is 32.1 Å². The van der Waals surface area contributed by atoms with Gasteiger partial charge in [0.05, 0.1) is 18.2 Å². The average molecular weight is 399 g/mol. The molecule has 2 heterocycles. The van der Waals surface area contributed by atoms with Crippen LogP contribution < -0.4 is 5.32 Å². The summed E-state index contributed by atoms with van der Waals surface area (Å²) in [5, 5.41) is 2.82. The van der Waals surface area contributed by atoms with Gasteiger partial charge in [0.1, 0.15) is 0 Å². The van der Waals surface area contributed by atoms with E-state index in [1.165, 1.54) is 12.0 Å². The third-order valence-electron chi connectivity index (χ3n) is 5.94. The molecule has 154 valence electrons. The van der Waals surface area contributed by atoms with E-state index in [-0.39, 0.29) is 29.7 Å². The van der Waals surface area contributed by atoms with Crippen LogP contribution in [0.4, 0.5) is 10.5 Å². The molecule has 2 aliphatic heterocycles. The number of hydrogen-bond acceptors (Lipinski definition) is 5. The van der Waals surface area contributed by atoms with Crippen LogP contribution in [-0.4, -0.2) is 60.4 Å². The number of imide groups is 1. The van der Waals surface area contributed by atoms with Crippen molar-refractivity contribution in [1.29, 1.82) is 0 Å². The SMILES string of the molecule is COC(=O)CC1CCN(C(=O)Nc2ccc3c(c2)C(=O)N(CC2CC2)C3=O)CC1. The van der Waals surface area contributed by atoms with E-state index in [0.717, 1.165) is 25.7 Å². The van der Waals surface area contributed by atoms with Crippen LogP contribution in [0.5, 0.6) is 0 Å². The van der Waals surface area contributed by atoms with Crippen LogP contribution in [0, 0.1) is 11.8 Å². The summed E-state index contributed by atoms with van der Waals surface area (Å²) in [7, 11) is 1.38. The number of rotatable bonds is 5. The lowest BCUT2D eigenvalue weighted by Crippen LogP contribution is -2.41. The molecule has 1 aliphatic carbocycles. The maximum absolute atomic E-state index is 12.6. The number of likely N-dealkylation sites (tertiary alicyclic amines) is 1. The van der Waals surface area contributed by atoms with E-state index in [1.807, 2.05) is 0 Å². The first-order chi connectivity index (χ1) is 14.0. The first-order valence-corrected chi connectivity index (χ1v) is 10.1. The van der Waals surface area contributed by atoms with Gasteiger partial charge in [0, 0.05) is 31.7 Å². The van der Waals surface area contributed by atoms with Gasteiger partial charge >= 0.3 is 12.0 Å². The van der Waals surface area contributed by atoms with Gasteiger partial charge in [0.25, 0.3) is 11.8 Å². The maximum Gasteiger partial charge on any atom is 0.321 e. The third kappa shape index (κ3) is 4.11. The molecule has 1 aromatic rings. The fraction of sp³-hybridized carbons (Fsp3) is 0.524. The smallest absolute Gasteiger partial charge is 0.321 e. The Bertz CT molecular complexity index is 856. The van der Waals surface area contributed by atoms with Crippen molar-refractivity contribution in [3.8, 4) is 0 Å². The lowest BCUT2D eigenvalue weighted by atomic mass is 9.94. The van der Waals surface area contributed by atoms with Crippen LogP contribution in [0.15, 0.2) is 18.2 Å². The molecular weight excluding hydrogens is 374 g/mol. The fourth-order valence-electron chi connectivity index (χ4n) is 3.95. The van der Waals surface area contributed by atoms with Crippen LogP contribution in [0.25, 0.3) is 0 Å². The molecule has 1 saturated heterocycles. The van der Waals surface area contributed by atoms with Crippen LogP contribution in [0.3, 0.4) is 0 Å². The van der Waals surface area contributed by atoms with E-state index in [9.17, 15) is 19.2 Å². The van der Waals surface area contributed by atoms with Gasteiger partial charge < -0.3 is 15.0 Å². The quantitative estimate of drug-likeness (QED) is 0.606. The Balaban J connectivity index is 1.36. The molecular formula is C21H25N3O5. The van der Waals surface area contributed by atoms with Crippen LogP contribution in [-0.2, 0) is 9.53 Å². The van der Waals surface area contributed by atoms with Crippen molar-refractivity contribution in [3.63, 3.8) is 0 Å². The first-order valence-electron chi connectivity index (χ1n) is 10.1. The summed E-state index contributed by atoms with van der Waals surface area (Å²) in [6.45, 7) is 1.60. The van der Waals surface area contributed by atoms with Crippen molar-refractivity contribution < 1.29 is 23.9 Å². The van der Waals surface area contributed by atoms with Gasteiger partial charge in [-0.3, -0.25) is 19.3 Å². The summed E-state index contributed by atoms with van der Waals surface area (Å²) in [4.78, 5) is 52.1. The number of urea groups is 1. The highest BCUT2D eigenvalue weighted by Crippen LogP contribution is 2.34. The van der Waals surface area contributed by atoms with Gasteiger partial charge in [-0.25, -0.2) is 4.79 Å². The van der Waals surface area contributed by atoms with Crippen LogP contribution in [0.2, 0.25) is 0 Å². The summed E-state index contributed by atoms with van der Waals surface area (Å²) >= 11 is 0. The van der Waals surface area contributed by atoms with E-state index >= 15 is 0 Å².